The van der Waals surface area contributed by atoms with Crippen molar-refractivity contribution in [3.8, 4) is 0 Å². The van der Waals surface area contributed by atoms with Crippen LogP contribution in [0, 0.1) is 11.6 Å². The zero-order valence-corrected chi connectivity index (χ0v) is 16.2. The molecule has 150 valence electrons. The minimum atomic E-state index is -0.530. The number of hydrogen-bond donors (Lipinski definition) is 2. The number of nitrogens with zero attached hydrogens (tertiary/aromatic N) is 3. The van der Waals surface area contributed by atoms with Crippen molar-refractivity contribution in [3.05, 3.63) is 71.9 Å². The Morgan fingerprint density at radius 2 is 1.93 bits per heavy atom. The van der Waals surface area contributed by atoms with Gasteiger partial charge in [0.25, 0.3) is 0 Å². The molecule has 0 spiro atoms. The highest BCUT2D eigenvalue weighted by Crippen LogP contribution is 2.26. The number of rotatable bonds is 4. The van der Waals surface area contributed by atoms with Crippen molar-refractivity contribution in [2.45, 2.75) is 19.0 Å². The summed E-state index contributed by atoms with van der Waals surface area (Å²) >= 11 is 0. The number of fused-ring (bicyclic) bond motifs is 1. The Bertz CT molecular complexity index is 1010. The van der Waals surface area contributed by atoms with E-state index in [0.29, 0.717) is 25.6 Å². The lowest BCUT2D eigenvalue weighted by atomic mass is 10.1. The first-order valence-electron chi connectivity index (χ1n) is 9.64. The van der Waals surface area contributed by atoms with E-state index in [1.807, 2.05) is 30.3 Å². The van der Waals surface area contributed by atoms with Crippen LogP contribution in [0.5, 0.6) is 0 Å². The van der Waals surface area contributed by atoms with Crippen LogP contribution >= 0.6 is 0 Å². The van der Waals surface area contributed by atoms with Gasteiger partial charge in [-0.3, -0.25) is 9.98 Å². The van der Waals surface area contributed by atoms with E-state index in [4.69, 9.17) is 0 Å². The van der Waals surface area contributed by atoms with Gasteiger partial charge in [0.15, 0.2) is 5.96 Å². The number of para-hydroxylation sites is 2. The molecule has 2 aromatic carbocycles. The molecule has 1 atom stereocenters. The summed E-state index contributed by atoms with van der Waals surface area (Å²) in [5.41, 5.74) is 2.12. The third-order valence-corrected chi connectivity index (χ3v) is 5.19. The first-order chi connectivity index (χ1) is 14.2. The lowest BCUT2D eigenvalue weighted by Crippen LogP contribution is -2.44. The van der Waals surface area contributed by atoms with Gasteiger partial charge < -0.3 is 15.5 Å². The van der Waals surface area contributed by atoms with E-state index in [1.165, 1.54) is 18.2 Å². The van der Waals surface area contributed by atoms with E-state index in [0.717, 1.165) is 22.9 Å². The van der Waals surface area contributed by atoms with Crippen molar-refractivity contribution in [1.82, 2.24) is 15.6 Å². The Hall–Kier alpha value is -3.22. The molecule has 1 aliphatic heterocycles. The van der Waals surface area contributed by atoms with Gasteiger partial charge in [0.05, 0.1) is 5.52 Å². The predicted octanol–water partition coefficient (Wildman–Crippen LogP) is 3.46. The van der Waals surface area contributed by atoms with Gasteiger partial charge in [-0.05, 0) is 36.2 Å². The molecule has 1 fully saturated rings. The molecule has 7 heteroatoms. The molecule has 29 heavy (non-hydrogen) atoms. The molecule has 0 radical (unpaired) electrons. The molecule has 3 aromatic rings. The maximum atomic E-state index is 14.1. The molecular formula is C22H23F2N5. The van der Waals surface area contributed by atoms with Crippen molar-refractivity contribution in [1.29, 1.82) is 0 Å². The summed E-state index contributed by atoms with van der Waals surface area (Å²) in [6.07, 6.45) is 2.57. The van der Waals surface area contributed by atoms with Gasteiger partial charge in [-0.2, -0.15) is 0 Å². The molecule has 2 N–H and O–H groups in total. The third-order valence-electron chi connectivity index (χ3n) is 5.19. The molecule has 0 amide bonds. The first kappa shape index (κ1) is 19.1. The minimum Gasteiger partial charge on any atom is -0.365 e. The summed E-state index contributed by atoms with van der Waals surface area (Å²) in [5, 5.41) is 7.78. The number of guanidine groups is 1. The van der Waals surface area contributed by atoms with Gasteiger partial charge in [-0.25, -0.2) is 8.78 Å². The van der Waals surface area contributed by atoms with Crippen molar-refractivity contribution in [2.24, 2.45) is 4.99 Å². The molecule has 1 aliphatic rings. The van der Waals surface area contributed by atoms with Crippen LogP contribution in [0.25, 0.3) is 10.9 Å². The number of aliphatic imine (C=N–C) groups is 1. The molecule has 4 rings (SSSR count). The van der Waals surface area contributed by atoms with Crippen LogP contribution in [0.15, 0.2) is 59.7 Å². The van der Waals surface area contributed by atoms with E-state index >= 15 is 0 Å². The maximum Gasteiger partial charge on any atom is 0.191 e. The smallest absolute Gasteiger partial charge is 0.191 e. The lowest BCUT2D eigenvalue weighted by Gasteiger charge is -2.21. The molecule has 0 saturated carbocycles. The highest BCUT2D eigenvalue weighted by Gasteiger charge is 2.27. The van der Waals surface area contributed by atoms with Crippen molar-refractivity contribution in [2.75, 3.05) is 25.0 Å². The van der Waals surface area contributed by atoms with Crippen LogP contribution in [0.4, 0.5) is 14.5 Å². The van der Waals surface area contributed by atoms with Crippen LogP contribution in [0.3, 0.4) is 0 Å². The Morgan fingerprint density at radius 1 is 1.14 bits per heavy atom. The van der Waals surface area contributed by atoms with E-state index in [1.54, 1.807) is 18.1 Å². The van der Waals surface area contributed by atoms with Gasteiger partial charge >= 0.3 is 0 Å². The molecule has 0 aliphatic carbocycles. The zero-order valence-electron chi connectivity index (χ0n) is 16.2. The summed E-state index contributed by atoms with van der Waals surface area (Å²) in [6, 6.07) is 14.0. The van der Waals surface area contributed by atoms with E-state index in [-0.39, 0.29) is 11.7 Å². The maximum absolute atomic E-state index is 14.1. The summed E-state index contributed by atoms with van der Waals surface area (Å²) in [6.45, 7) is 1.69. The van der Waals surface area contributed by atoms with Crippen LogP contribution in [-0.4, -0.2) is 37.1 Å². The average Bonchev–Trinajstić information content (AvgIpc) is 3.19. The Kier molecular flexibility index (Phi) is 5.55. The largest absolute Gasteiger partial charge is 0.365 e. The summed E-state index contributed by atoms with van der Waals surface area (Å²) in [5.74, 6) is -0.401. The lowest BCUT2D eigenvalue weighted by molar-refractivity contribution is 0.576. The molecule has 1 aromatic heterocycles. The normalized spacial score (nSPS) is 17.0. The second kappa shape index (κ2) is 8.43. The standard InChI is InChI=1S/C22H23F2N5/c1-25-22(27-13-15-9-11-26-20-8-3-2-5-17(15)20)28-16-10-12-29(14-16)21-18(23)6-4-7-19(21)24/h2-9,11,16H,10,12-14H2,1H3,(H2,25,27,28). The first-order valence-corrected chi connectivity index (χ1v) is 9.64. The average molecular weight is 395 g/mol. The number of aromatic nitrogens is 1. The molecule has 5 nitrogen and oxygen atoms in total. The number of halogens is 2. The van der Waals surface area contributed by atoms with Crippen LogP contribution in [0.2, 0.25) is 0 Å². The predicted molar refractivity (Wildman–Crippen MR) is 112 cm³/mol. The third kappa shape index (κ3) is 4.13. The number of hydrogen-bond acceptors (Lipinski definition) is 3. The topological polar surface area (TPSA) is 52.6 Å². The summed E-state index contributed by atoms with van der Waals surface area (Å²) in [7, 11) is 1.71. The van der Waals surface area contributed by atoms with Gasteiger partial charge in [0, 0.05) is 44.3 Å². The second-order valence-electron chi connectivity index (χ2n) is 7.06. The Morgan fingerprint density at radius 3 is 2.72 bits per heavy atom. The Balaban J connectivity index is 1.39. The molecular weight excluding hydrogens is 372 g/mol. The van der Waals surface area contributed by atoms with E-state index in [2.05, 4.69) is 20.6 Å². The number of benzene rings is 2. The van der Waals surface area contributed by atoms with Gasteiger partial charge in [0.1, 0.15) is 17.3 Å². The zero-order chi connectivity index (χ0) is 20.2. The molecule has 2 heterocycles. The fourth-order valence-electron chi connectivity index (χ4n) is 3.75. The van der Waals surface area contributed by atoms with Crippen molar-refractivity contribution < 1.29 is 8.78 Å². The highest BCUT2D eigenvalue weighted by atomic mass is 19.1. The van der Waals surface area contributed by atoms with Crippen LogP contribution in [-0.2, 0) is 6.54 Å². The Labute approximate surface area is 168 Å². The summed E-state index contributed by atoms with van der Waals surface area (Å²) in [4.78, 5) is 10.4. The fourth-order valence-corrected chi connectivity index (χ4v) is 3.75. The number of pyridine rings is 1. The number of nitrogens with one attached hydrogen (secondary N) is 2. The van der Waals surface area contributed by atoms with Gasteiger partial charge in [-0.1, -0.05) is 24.3 Å². The van der Waals surface area contributed by atoms with Crippen molar-refractivity contribution >= 4 is 22.5 Å². The van der Waals surface area contributed by atoms with Crippen molar-refractivity contribution in [3.63, 3.8) is 0 Å². The van der Waals surface area contributed by atoms with Crippen LogP contribution in [0.1, 0.15) is 12.0 Å². The minimum absolute atomic E-state index is 0.0444. The quantitative estimate of drug-likeness (QED) is 0.525. The van der Waals surface area contributed by atoms with Gasteiger partial charge in [0.2, 0.25) is 0 Å². The van der Waals surface area contributed by atoms with Crippen LogP contribution < -0.4 is 15.5 Å². The summed E-state index contributed by atoms with van der Waals surface area (Å²) < 4.78 is 28.1. The second-order valence-corrected chi connectivity index (χ2v) is 7.06. The SMILES string of the molecule is CN=C(NCc1ccnc2ccccc12)NC1CCN(c2c(F)cccc2F)C1. The van der Waals surface area contributed by atoms with Gasteiger partial charge in [-0.15, -0.1) is 0 Å². The molecule has 0 bridgehead atoms. The van der Waals surface area contributed by atoms with E-state index < -0.39 is 11.6 Å². The monoisotopic (exact) mass is 395 g/mol. The molecule has 1 saturated heterocycles. The molecule has 1 unspecified atom stereocenters. The van der Waals surface area contributed by atoms with E-state index in [9.17, 15) is 8.78 Å². The number of anilines is 1. The highest BCUT2D eigenvalue weighted by molar-refractivity contribution is 5.83. The fraction of sp³-hybridized carbons (Fsp3) is 0.273.